The number of carbonyl (C=O) groups is 1. The Kier molecular flexibility index (Phi) is 6.58. The van der Waals surface area contributed by atoms with Crippen LogP contribution in [0.25, 0.3) is 27.8 Å². The normalized spacial score (nSPS) is 11.8. The smallest absolute Gasteiger partial charge is 0.163 e. The predicted octanol–water partition coefficient (Wildman–Crippen LogP) is 4.02. The standard InChI is InChI=1S/C25H22ClFN2O4/c26-21-4-2-1-3-19(21)24-20-10-5-16(23(33)12-25(13-30,14-31)15-32)11-22(20)29(28-24)18-8-6-17(27)7-9-18/h1-11,30-32H,12-15H2. The lowest BCUT2D eigenvalue weighted by Crippen LogP contribution is -2.36. The molecule has 1 heterocycles. The lowest BCUT2D eigenvalue weighted by atomic mass is 9.83. The number of aromatic nitrogens is 2. The maximum absolute atomic E-state index is 13.5. The molecular formula is C25H22ClFN2O4. The molecule has 0 fully saturated rings. The molecule has 0 atom stereocenters. The molecule has 4 aromatic rings. The van der Waals surface area contributed by atoms with Gasteiger partial charge in [0, 0.05) is 28.3 Å². The molecule has 0 saturated heterocycles. The minimum atomic E-state index is -1.31. The van der Waals surface area contributed by atoms with Crippen LogP contribution >= 0.6 is 11.6 Å². The SMILES string of the molecule is O=C(CC(CO)(CO)CO)c1ccc2c(-c3ccccc3Cl)nn(-c3ccc(F)cc3)c2c1. The number of carbonyl (C=O) groups excluding carboxylic acids is 1. The molecule has 170 valence electrons. The van der Waals surface area contributed by atoms with Crippen molar-refractivity contribution in [1.29, 1.82) is 0 Å². The summed E-state index contributed by atoms with van der Waals surface area (Å²) < 4.78 is 15.1. The van der Waals surface area contributed by atoms with Gasteiger partial charge in [0.05, 0.1) is 36.0 Å². The fourth-order valence-corrected chi connectivity index (χ4v) is 3.91. The largest absolute Gasteiger partial charge is 0.396 e. The van der Waals surface area contributed by atoms with Crippen LogP contribution in [0, 0.1) is 11.2 Å². The zero-order valence-electron chi connectivity index (χ0n) is 17.6. The van der Waals surface area contributed by atoms with Crippen molar-refractivity contribution < 1.29 is 24.5 Å². The highest BCUT2D eigenvalue weighted by Crippen LogP contribution is 2.35. The number of benzene rings is 3. The number of aliphatic hydroxyl groups excluding tert-OH is 3. The van der Waals surface area contributed by atoms with E-state index in [9.17, 15) is 24.5 Å². The van der Waals surface area contributed by atoms with E-state index in [2.05, 4.69) is 0 Å². The zero-order chi connectivity index (χ0) is 23.6. The molecule has 0 amide bonds. The average Bonchev–Trinajstić information content (AvgIpc) is 3.22. The molecule has 0 bridgehead atoms. The van der Waals surface area contributed by atoms with Gasteiger partial charge >= 0.3 is 0 Å². The van der Waals surface area contributed by atoms with Crippen molar-refractivity contribution in [3.63, 3.8) is 0 Å². The van der Waals surface area contributed by atoms with Crippen LogP contribution < -0.4 is 0 Å². The lowest BCUT2D eigenvalue weighted by molar-refractivity contribution is 0.00193. The number of rotatable bonds is 8. The third kappa shape index (κ3) is 4.41. The molecule has 0 spiro atoms. The Morgan fingerprint density at radius 2 is 1.64 bits per heavy atom. The van der Waals surface area contributed by atoms with E-state index in [1.807, 2.05) is 18.2 Å². The molecule has 0 aliphatic heterocycles. The van der Waals surface area contributed by atoms with Gasteiger partial charge in [-0.25, -0.2) is 9.07 Å². The van der Waals surface area contributed by atoms with Gasteiger partial charge in [0.15, 0.2) is 5.78 Å². The molecule has 0 radical (unpaired) electrons. The van der Waals surface area contributed by atoms with Crippen molar-refractivity contribution in [1.82, 2.24) is 9.78 Å². The van der Waals surface area contributed by atoms with Gasteiger partial charge in [0.1, 0.15) is 11.5 Å². The molecule has 8 heteroatoms. The summed E-state index contributed by atoms with van der Waals surface area (Å²) in [6.45, 7) is -1.59. The second-order valence-electron chi connectivity index (χ2n) is 8.02. The predicted molar refractivity (Wildman–Crippen MR) is 124 cm³/mol. The van der Waals surface area contributed by atoms with Crippen LogP contribution in [-0.2, 0) is 0 Å². The van der Waals surface area contributed by atoms with Gasteiger partial charge in [0.2, 0.25) is 0 Å². The summed E-state index contributed by atoms with van der Waals surface area (Å²) in [5, 5.41) is 34.7. The summed E-state index contributed by atoms with van der Waals surface area (Å²) in [5.41, 5.74) is 1.53. The number of nitrogens with zero attached hydrogens (tertiary/aromatic N) is 2. The summed E-state index contributed by atoms with van der Waals surface area (Å²) in [6, 6.07) is 18.1. The minimum Gasteiger partial charge on any atom is -0.396 e. The van der Waals surface area contributed by atoms with Crippen molar-refractivity contribution in [2.45, 2.75) is 6.42 Å². The molecule has 0 unspecified atom stereocenters. The first kappa shape index (κ1) is 23.1. The molecule has 0 aliphatic carbocycles. The molecular weight excluding hydrogens is 447 g/mol. The summed E-state index contributed by atoms with van der Waals surface area (Å²) in [6.07, 6.45) is -0.232. The number of ketones is 1. The molecule has 3 aromatic carbocycles. The molecule has 1 aromatic heterocycles. The van der Waals surface area contributed by atoms with E-state index >= 15 is 0 Å². The molecule has 33 heavy (non-hydrogen) atoms. The van der Waals surface area contributed by atoms with Gasteiger partial charge in [-0.05, 0) is 42.5 Å². The van der Waals surface area contributed by atoms with E-state index in [0.717, 1.165) is 5.39 Å². The monoisotopic (exact) mass is 468 g/mol. The molecule has 0 saturated carbocycles. The van der Waals surface area contributed by atoms with E-state index < -0.39 is 25.2 Å². The maximum Gasteiger partial charge on any atom is 0.163 e. The van der Waals surface area contributed by atoms with Crippen LogP contribution in [0.15, 0.2) is 66.7 Å². The number of hydrogen-bond donors (Lipinski definition) is 3. The Balaban J connectivity index is 1.87. The van der Waals surface area contributed by atoms with Gasteiger partial charge < -0.3 is 15.3 Å². The van der Waals surface area contributed by atoms with Crippen LogP contribution in [0.4, 0.5) is 4.39 Å². The van der Waals surface area contributed by atoms with Crippen LogP contribution in [0.1, 0.15) is 16.8 Å². The first-order valence-electron chi connectivity index (χ1n) is 10.3. The van der Waals surface area contributed by atoms with Gasteiger partial charge in [-0.1, -0.05) is 35.9 Å². The highest BCUT2D eigenvalue weighted by atomic mass is 35.5. The Morgan fingerprint density at radius 1 is 0.970 bits per heavy atom. The van der Waals surface area contributed by atoms with E-state index in [4.69, 9.17) is 16.7 Å². The third-order valence-corrected chi connectivity index (χ3v) is 6.07. The summed E-state index contributed by atoms with van der Waals surface area (Å²) in [5.74, 6) is -0.731. The van der Waals surface area contributed by atoms with Gasteiger partial charge in [-0.3, -0.25) is 4.79 Å². The van der Waals surface area contributed by atoms with Gasteiger partial charge in [-0.15, -0.1) is 0 Å². The van der Waals surface area contributed by atoms with Gasteiger partial charge in [0.25, 0.3) is 0 Å². The Bertz CT molecular complexity index is 1290. The van der Waals surface area contributed by atoms with Crippen molar-refractivity contribution in [3.8, 4) is 16.9 Å². The quantitative estimate of drug-likeness (QED) is 0.339. The highest BCUT2D eigenvalue weighted by Gasteiger charge is 2.31. The number of hydrogen-bond acceptors (Lipinski definition) is 5. The summed E-state index contributed by atoms with van der Waals surface area (Å²) in [4.78, 5) is 13.0. The third-order valence-electron chi connectivity index (χ3n) is 5.74. The number of halogens is 2. The fraction of sp³-hybridized carbons (Fsp3) is 0.200. The van der Waals surface area contributed by atoms with Gasteiger partial charge in [-0.2, -0.15) is 5.10 Å². The Morgan fingerprint density at radius 3 is 2.27 bits per heavy atom. The Hall–Kier alpha value is -3.10. The molecule has 0 aliphatic rings. The van der Waals surface area contributed by atoms with E-state index in [-0.39, 0.29) is 18.0 Å². The first-order valence-corrected chi connectivity index (χ1v) is 10.7. The zero-order valence-corrected chi connectivity index (χ0v) is 18.3. The summed E-state index contributed by atoms with van der Waals surface area (Å²) >= 11 is 6.41. The molecule has 4 rings (SSSR count). The van der Waals surface area contributed by atoms with E-state index in [0.29, 0.717) is 33.0 Å². The first-order chi connectivity index (χ1) is 15.9. The molecule has 6 nitrogen and oxygen atoms in total. The van der Waals surface area contributed by atoms with Crippen LogP contribution in [-0.4, -0.2) is 50.7 Å². The average molecular weight is 469 g/mol. The van der Waals surface area contributed by atoms with Crippen LogP contribution in [0.2, 0.25) is 5.02 Å². The Labute approximate surface area is 194 Å². The van der Waals surface area contributed by atoms with Crippen molar-refractivity contribution in [2.24, 2.45) is 5.41 Å². The molecule has 3 N–H and O–H groups in total. The second-order valence-corrected chi connectivity index (χ2v) is 8.43. The fourth-order valence-electron chi connectivity index (χ4n) is 3.68. The maximum atomic E-state index is 13.5. The topological polar surface area (TPSA) is 95.6 Å². The second kappa shape index (κ2) is 9.41. The lowest BCUT2D eigenvalue weighted by Gasteiger charge is -2.26. The van der Waals surface area contributed by atoms with Crippen molar-refractivity contribution in [3.05, 3.63) is 83.1 Å². The van der Waals surface area contributed by atoms with Crippen LogP contribution in [0.5, 0.6) is 0 Å². The van der Waals surface area contributed by atoms with E-state index in [1.54, 1.807) is 41.1 Å². The number of aliphatic hydroxyl groups is 3. The number of Topliss-reactive ketones (excluding diaryl/α,β-unsaturated/α-hetero) is 1. The van der Waals surface area contributed by atoms with E-state index in [1.165, 1.54) is 12.1 Å². The van der Waals surface area contributed by atoms with Crippen molar-refractivity contribution in [2.75, 3.05) is 19.8 Å². The minimum absolute atomic E-state index is 0.232. The van der Waals surface area contributed by atoms with Crippen molar-refractivity contribution >= 4 is 28.3 Å². The van der Waals surface area contributed by atoms with Crippen LogP contribution in [0.3, 0.4) is 0 Å². The number of fused-ring (bicyclic) bond motifs is 1. The summed E-state index contributed by atoms with van der Waals surface area (Å²) in [7, 11) is 0. The highest BCUT2D eigenvalue weighted by molar-refractivity contribution is 6.33.